The van der Waals surface area contributed by atoms with Gasteiger partial charge in [-0.15, -0.1) is 0 Å². The van der Waals surface area contributed by atoms with Gasteiger partial charge < -0.3 is 0 Å². The summed E-state index contributed by atoms with van der Waals surface area (Å²) in [5.74, 6) is 0.838. The SMILES string of the molecule is C1=CC(CCC(CC2=CCCC2)C2=CCCC2)(C2=CCCC2)CC1. The van der Waals surface area contributed by atoms with Crippen molar-refractivity contribution < 1.29 is 0 Å². The topological polar surface area (TPSA) is 0 Å². The quantitative estimate of drug-likeness (QED) is 0.427. The van der Waals surface area contributed by atoms with Crippen LogP contribution in [0.15, 0.2) is 47.1 Å². The summed E-state index contributed by atoms with van der Waals surface area (Å²) < 4.78 is 0. The molecule has 130 valence electrons. The van der Waals surface area contributed by atoms with Gasteiger partial charge in [0.1, 0.15) is 0 Å². The monoisotopic (exact) mass is 322 g/mol. The standard InChI is InChI=1S/C24H34/c1-2-10-20(9-1)19-22(21-11-3-4-12-21)15-18-24(16-7-8-17-24)23-13-5-6-14-23/h7,9,11,13,16,22H,1-6,8,10,12,14-15,17-19H2. The fourth-order valence-electron chi connectivity index (χ4n) is 5.65. The third-order valence-corrected chi connectivity index (χ3v) is 7.06. The zero-order chi connectivity index (χ0) is 16.2. The van der Waals surface area contributed by atoms with E-state index in [-0.39, 0.29) is 0 Å². The summed E-state index contributed by atoms with van der Waals surface area (Å²) in [6.45, 7) is 0. The Morgan fingerprint density at radius 2 is 1.71 bits per heavy atom. The van der Waals surface area contributed by atoms with Crippen LogP contribution in [0, 0.1) is 11.3 Å². The maximum absolute atomic E-state index is 2.60. The molecule has 0 aromatic carbocycles. The number of rotatable bonds is 7. The molecule has 4 rings (SSSR count). The highest BCUT2D eigenvalue weighted by atomic mass is 14.4. The second-order valence-electron chi connectivity index (χ2n) is 8.58. The van der Waals surface area contributed by atoms with E-state index in [0.29, 0.717) is 5.41 Å². The zero-order valence-electron chi connectivity index (χ0n) is 15.4. The van der Waals surface area contributed by atoms with Gasteiger partial charge in [0, 0.05) is 5.41 Å². The average molecular weight is 323 g/mol. The van der Waals surface area contributed by atoms with Gasteiger partial charge in [0.05, 0.1) is 0 Å². The van der Waals surface area contributed by atoms with Crippen molar-refractivity contribution in [3.05, 3.63) is 47.1 Å². The average Bonchev–Trinajstić information content (AvgIpc) is 3.41. The van der Waals surface area contributed by atoms with E-state index in [4.69, 9.17) is 0 Å². The van der Waals surface area contributed by atoms with Gasteiger partial charge in [0.15, 0.2) is 0 Å². The van der Waals surface area contributed by atoms with Crippen LogP contribution < -0.4 is 0 Å². The second-order valence-corrected chi connectivity index (χ2v) is 8.58. The van der Waals surface area contributed by atoms with Crippen molar-refractivity contribution >= 4 is 0 Å². The van der Waals surface area contributed by atoms with Gasteiger partial charge in [-0.3, -0.25) is 0 Å². The molecule has 0 aromatic rings. The van der Waals surface area contributed by atoms with Crippen molar-refractivity contribution in [3.8, 4) is 0 Å². The van der Waals surface area contributed by atoms with Crippen molar-refractivity contribution in [1.82, 2.24) is 0 Å². The van der Waals surface area contributed by atoms with E-state index in [2.05, 4.69) is 30.4 Å². The summed E-state index contributed by atoms with van der Waals surface area (Å²) in [6.07, 6.45) is 31.9. The molecule has 0 amide bonds. The van der Waals surface area contributed by atoms with Gasteiger partial charge in [0.25, 0.3) is 0 Å². The van der Waals surface area contributed by atoms with Crippen LogP contribution in [-0.4, -0.2) is 0 Å². The second kappa shape index (κ2) is 7.46. The Hall–Kier alpha value is -1.04. The molecule has 4 aliphatic carbocycles. The fourth-order valence-corrected chi connectivity index (χ4v) is 5.65. The Bertz CT molecular complexity index is 571. The molecule has 0 saturated carbocycles. The lowest BCUT2D eigenvalue weighted by Crippen LogP contribution is -2.20. The zero-order valence-corrected chi connectivity index (χ0v) is 15.4. The predicted molar refractivity (Wildman–Crippen MR) is 104 cm³/mol. The molecule has 0 aliphatic heterocycles. The molecule has 0 N–H and O–H groups in total. The Kier molecular flexibility index (Phi) is 5.11. The number of hydrogen-bond donors (Lipinski definition) is 0. The van der Waals surface area contributed by atoms with Crippen molar-refractivity contribution in [1.29, 1.82) is 0 Å². The summed E-state index contributed by atoms with van der Waals surface area (Å²) in [6, 6.07) is 0. The number of allylic oxidation sites excluding steroid dienone is 8. The van der Waals surface area contributed by atoms with E-state index >= 15 is 0 Å². The van der Waals surface area contributed by atoms with Crippen molar-refractivity contribution in [3.63, 3.8) is 0 Å². The molecular formula is C24H34. The van der Waals surface area contributed by atoms with E-state index in [9.17, 15) is 0 Å². The minimum absolute atomic E-state index is 0.442. The normalized spacial score (nSPS) is 30.6. The van der Waals surface area contributed by atoms with Gasteiger partial charge >= 0.3 is 0 Å². The largest absolute Gasteiger partial charge is 0.0876 e. The lowest BCUT2D eigenvalue weighted by Gasteiger charge is -2.32. The van der Waals surface area contributed by atoms with Crippen LogP contribution in [0.3, 0.4) is 0 Å². The first-order chi connectivity index (χ1) is 11.9. The van der Waals surface area contributed by atoms with Crippen LogP contribution in [0.4, 0.5) is 0 Å². The highest BCUT2D eigenvalue weighted by Gasteiger charge is 2.35. The minimum atomic E-state index is 0.442. The van der Waals surface area contributed by atoms with Crippen LogP contribution in [0.25, 0.3) is 0 Å². The molecule has 0 fully saturated rings. The molecule has 0 aromatic heterocycles. The van der Waals surface area contributed by atoms with Crippen molar-refractivity contribution in [2.75, 3.05) is 0 Å². The van der Waals surface area contributed by atoms with Gasteiger partial charge in [-0.2, -0.15) is 0 Å². The molecule has 0 heteroatoms. The van der Waals surface area contributed by atoms with E-state index in [0.717, 1.165) is 5.92 Å². The molecule has 0 spiro atoms. The molecule has 0 nitrogen and oxygen atoms in total. The van der Waals surface area contributed by atoms with Crippen LogP contribution in [0.1, 0.15) is 89.9 Å². The van der Waals surface area contributed by atoms with Gasteiger partial charge in [-0.25, -0.2) is 0 Å². The molecule has 0 saturated heterocycles. The molecule has 2 atom stereocenters. The predicted octanol–water partition coefficient (Wildman–Crippen LogP) is 7.44. The lowest BCUT2D eigenvalue weighted by atomic mass is 9.72. The van der Waals surface area contributed by atoms with E-state index in [1.807, 2.05) is 0 Å². The maximum Gasteiger partial charge on any atom is 0.00939 e. The van der Waals surface area contributed by atoms with Gasteiger partial charge in [-0.05, 0) is 95.8 Å². The van der Waals surface area contributed by atoms with Crippen LogP contribution in [0.5, 0.6) is 0 Å². The summed E-state index contributed by atoms with van der Waals surface area (Å²) in [5.41, 5.74) is 5.80. The smallest absolute Gasteiger partial charge is 0.00939 e. The summed E-state index contributed by atoms with van der Waals surface area (Å²) in [4.78, 5) is 0. The van der Waals surface area contributed by atoms with E-state index in [1.54, 1.807) is 16.7 Å². The molecule has 0 heterocycles. The molecule has 4 aliphatic rings. The Morgan fingerprint density at radius 3 is 2.38 bits per heavy atom. The Labute approximate surface area is 148 Å². The van der Waals surface area contributed by atoms with Gasteiger partial charge in [-0.1, -0.05) is 47.1 Å². The molecular weight excluding hydrogens is 288 g/mol. The van der Waals surface area contributed by atoms with E-state index < -0.39 is 0 Å². The Morgan fingerprint density at radius 1 is 0.875 bits per heavy atom. The van der Waals surface area contributed by atoms with Crippen molar-refractivity contribution in [2.24, 2.45) is 11.3 Å². The van der Waals surface area contributed by atoms with Crippen LogP contribution in [-0.2, 0) is 0 Å². The summed E-state index contributed by atoms with van der Waals surface area (Å²) in [7, 11) is 0. The first kappa shape index (κ1) is 16.4. The Balaban J connectivity index is 1.46. The van der Waals surface area contributed by atoms with Gasteiger partial charge in [0.2, 0.25) is 0 Å². The third kappa shape index (κ3) is 3.48. The first-order valence-electron chi connectivity index (χ1n) is 10.6. The van der Waals surface area contributed by atoms with Crippen molar-refractivity contribution in [2.45, 2.75) is 89.9 Å². The summed E-state index contributed by atoms with van der Waals surface area (Å²) in [5, 5.41) is 0. The molecule has 0 radical (unpaired) electrons. The minimum Gasteiger partial charge on any atom is -0.0876 e. The maximum atomic E-state index is 2.60. The molecule has 0 bridgehead atoms. The first-order valence-corrected chi connectivity index (χ1v) is 10.6. The third-order valence-electron chi connectivity index (χ3n) is 7.06. The highest BCUT2D eigenvalue weighted by molar-refractivity contribution is 5.28. The lowest BCUT2D eigenvalue weighted by molar-refractivity contribution is 0.356. The molecule has 24 heavy (non-hydrogen) atoms. The fraction of sp³-hybridized carbons (Fsp3) is 0.667. The van der Waals surface area contributed by atoms with Crippen LogP contribution >= 0.6 is 0 Å². The van der Waals surface area contributed by atoms with E-state index in [1.165, 1.54) is 89.9 Å². The highest BCUT2D eigenvalue weighted by Crippen LogP contribution is 2.49. The van der Waals surface area contributed by atoms with Crippen LogP contribution in [0.2, 0.25) is 0 Å². The number of hydrogen-bond acceptors (Lipinski definition) is 0. The molecule has 2 unspecified atom stereocenters. The summed E-state index contributed by atoms with van der Waals surface area (Å²) >= 11 is 0.